The van der Waals surface area contributed by atoms with Crippen LogP contribution in [0.3, 0.4) is 0 Å². The van der Waals surface area contributed by atoms with Crippen LogP contribution in [0, 0.1) is 5.82 Å². The van der Waals surface area contributed by atoms with Crippen molar-refractivity contribution >= 4 is 5.82 Å². The Morgan fingerprint density at radius 2 is 2.19 bits per heavy atom. The maximum absolute atomic E-state index is 13.7. The van der Waals surface area contributed by atoms with Crippen molar-refractivity contribution in [2.75, 3.05) is 12.5 Å². The molecule has 6 heteroatoms. The zero-order valence-corrected chi connectivity index (χ0v) is 8.07. The summed E-state index contributed by atoms with van der Waals surface area (Å²) in [7, 11) is 0. The van der Waals surface area contributed by atoms with E-state index in [0.29, 0.717) is 11.5 Å². The van der Waals surface area contributed by atoms with Crippen LogP contribution in [-0.4, -0.2) is 11.9 Å². The fraction of sp³-hybridized carbons (Fsp3) is 0.100. The Bertz CT molecular complexity index is 553. The van der Waals surface area contributed by atoms with Crippen molar-refractivity contribution in [1.29, 1.82) is 0 Å². The van der Waals surface area contributed by atoms with Crippen LogP contribution >= 0.6 is 0 Å². The van der Waals surface area contributed by atoms with Gasteiger partial charge in [0.1, 0.15) is 11.4 Å². The first-order valence-electron chi connectivity index (χ1n) is 4.56. The Morgan fingerprint density at radius 3 is 2.94 bits per heavy atom. The number of aromatic nitrogens is 1. The molecule has 0 radical (unpaired) electrons. The summed E-state index contributed by atoms with van der Waals surface area (Å²) >= 11 is 0. The third-order valence-corrected chi connectivity index (χ3v) is 2.26. The molecule has 0 bridgehead atoms. The molecule has 2 heterocycles. The van der Waals surface area contributed by atoms with Gasteiger partial charge in [-0.25, -0.2) is 4.39 Å². The predicted molar refractivity (Wildman–Crippen MR) is 52.4 cm³/mol. The van der Waals surface area contributed by atoms with Crippen LogP contribution in [0.15, 0.2) is 22.7 Å². The number of halogens is 1. The first-order valence-corrected chi connectivity index (χ1v) is 4.56. The summed E-state index contributed by atoms with van der Waals surface area (Å²) in [6, 6.07) is 4.21. The largest absolute Gasteiger partial charge is 0.454 e. The summed E-state index contributed by atoms with van der Waals surface area (Å²) in [6.07, 6.45) is 0. The van der Waals surface area contributed by atoms with Crippen LogP contribution in [0.4, 0.5) is 10.2 Å². The number of rotatable bonds is 1. The lowest BCUT2D eigenvalue weighted by atomic mass is 10.1. The lowest BCUT2D eigenvalue weighted by Gasteiger charge is -2.02. The maximum Gasteiger partial charge on any atom is 0.231 e. The predicted octanol–water partition coefficient (Wildman–Crippen LogP) is 1.79. The molecule has 0 saturated heterocycles. The van der Waals surface area contributed by atoms with Gasteiger partial charge >= 0.3 is 0 Å². The molecule has 2 N–H and O–H groups in total. The highest BCUT2D eigenvalue weighted by atomic mass is 19.1. The van der Waals surface area contributed by atoms with Gasteiger partial charge in [-0.05, 0) is 12.1 Å². The third kappa shape index (κ3) is 1.19. The number of benzene rings is 1. The van der Waals surface area contributed by atoms with Gasteiger partial charge < -0.3 is 19.7 Å². The molecule has 0 atom stereocenters. The van der Waals surface area contributed by atoms with Gasteiger partial charge in [-0.3, -0.25) is 0 Å². The highest BCUT2D eigenvalue weighted by molar-refractivity contribution is 5.72. The van der Waals surface area contributed by atoms with Crippen LogP contribution in [0.1, 0.15) is 0 Å². The highest BCUT2D eigenvalue weighted by Gasteiger charge is 2.24. The number of hydrogen-bond acceptors (Lipinski definition) is 5. The molecule has 5 nitrogen and oxygen atoms in total. The minimum atomic E-state index is -0.472. The van der Waals surface area contributed by atoms with E-state index >= 15 is 0 Å². The van der Waals surface area contributed by atoms with E-state index in [1.807, 2.05) is 0 Å². The van der Waals surface area contributed by atoms with Gasteiger partial charge in [0.25, 0.3) is 0 Å². The molecule has 1 aromatic heterocycles. The molecule has 0 unspecified atom stereocenters. The summed E-state index contributed by atoms with van der Waals surface area (Å²) in [5.74, 6) is 0.728. The Hall–Kier alpha value is -2.24. The van der Waals surface area contributed by atoms with Gasteiger partial charge in [0, 0.05) is 6.07 Å². The number of nitrogens with zero attached hydrogens (tertiary/aromatic N) is 1. The molecular weight excluding hydrogens is 215 g/mol. The molecule has 3 rings (SSSR count). The molecule has 0 amide bonds. The topological polar surface area (TPSA) is 70.5 Å². The smallest absolute Gasteiger partial charge is 0.231 e. The van der Waals surface area contributed by atoms with Crippen LogP contribution in [-0.2, 0) is 0 Å². The van der Waals surface area contributed by atoms with E-state index in [9.17, 15) is 4.39 Å². The van der Waals surface area contributed by atoms with Crippen molar-refractivity contribution in [3.63, 3.8) is 0 Å². The van der Waals surface area contributed by atoms with Crippen LogP contribution in [0.25, 0.3) is 11.3 Å². The number of fused-ring (bicyclic) bond motifs is 1. The molecule has 16 heavy (non-hydrogen) atoms. The van der Waals surface area contributed by atoms with Crippen molar-refractivity contribution in [3.05, 3.63) is 24.0 Å². The SMILES string of the molecule is Nc1cc(-c2c(F)ccc3c2OCO3)on1. The zero-order chi connectivity index (χ0) is 11.1. The van der Waals surface area contributed by atoms with Crippen molar-refractivity contribution in [3.8, 4) is 22.8 Å². The third-order valence-electron chi connectivity index (χ3n) is 2.26. The Kier molecular flexibility index (Phi) is 1.76. The van der Waals surface area contributed by atoms with Crippen molar-refractivity contribution in [1.82, 2.24) is 5.16 Å². The van der Waals surface area contributed by atoms with E-state index in [4.69, 9.17) is 19.7 Å². The van der Waals surface area contributed by atoms with Crippen molar-refractivity contribution < 1.29 is 18.4 Å². The number of nitrogens with two attached hydrogens (primary N) is 1. The quantitative estimate of drug-likeness (QED) is 0.796. The van der Waals surface area contributed by atoms with Gasteiger partial charge in [-0.15, -0.1) is 0 Å². The second-order valence-electron chi connectivity index (χ2n) is 3.27. The molecule has 2 aromatic rings. The highest BCUT2D eigenvalue weighted by Crippen LogP contribution is 2.43. The maximum atomic E-state index is 13.7. The zero-order valence-electron chi connectivity index (χ0n) is 8.07. The standard InChI is InChI=1S/C10H7FN2O3/c11-5-1-2-6-10(15-4-14-6)9(5)7-3-8(12)13-16-7/h1-3H,4H2,(H2,12,13). The molecule has 0 saturated carbocycles. The van der Waals surface area contributed by atoms with Crippen LogP contribution in [0.2, 0.25) is 0 Å². The van der Waals surface area contributed by atoms with Crippen molar-refractivity contribution in [2.24, 2.45) is 0 Å². The van der Waals surface area contributed by atoms with E-state index in [1.54, 1.807) is 0 Å². The molecule has 0 spiro atoms. The lowest BCUT2D eigenvalue weighted by Crippen LogP contribution is -1.94. The molecule has 1 aromatic carbocycles. The monoisotopic (exact) mass is 222 g/mol. The number of hydrogen-bond donors (Lipinski definition) is 1. The Balaban J connectivity index is 2.23. The van der Waals surface area contributed by atoms with Crippen LogP contribution in [0.5, 0.6) is 11.5 Å². The van der Waals surface area contributed by atoms with Crippen LogP contribution < -0.4 is 15.2 Å². The van der Waals surface area contributed by atoms with E-state index < -0.39 is 5.82 Å². The normalized spacial score (nSPS) is 13.1. The molecule has 0 fully saturated rings. The first-order chi connectivity index (χ1) is 7.75. The van der Waals surface area contributed by atoms with Gasteiger partial charge in [0.05, 0.1) is 0 Å². The van der Waals surface area contributed by atoms with E-state index in [1.165, 1.54) is 18.2 Å². The number of ether oxygens (including phenoxy) is 2. The second kappa shape index (κ2) is 3.13. The summed E-state index contributed by atoms with van der Waals surface area (Å²) in [6.45, 7) is 0.0649. The molecule has 82 valence electrons. The van der Waals surface area contributed by atoms with Gasteiger partial charge in [-0.2, -0.15) is 0 Å². The van der Waals surface area contributed by atoms with Gasteiger partial charge in [0.15, 0.2) is 23.1 Å². The average molecular weight is 222 g/mol. The minimum Gasteiger partial charge on any atom is -0.454 e. The van der Waals surface area contributed by atoms with E-state index in [-0.39, 0.29) is 23.9 Å². The summed E-state index contributed by atoms with van der Waals surface area (Å²) in [5, 5.41) is 3.50. The molecular formula is C10H7FN2O3. The summed E-state index contributed by atoms with van der Waals surface area (Å²) in [5.41, 5.74) is 5.59. The second-order valence-corrected chi connectivity index (χ2v) is 3.27. The summed E-state index contributed by atoms with van der Waals surface area (Å²) in [4.78, 5) is 0. The number of anilines is 1. The first kappa shape index (κ1) is 9.02. The lowest BCUT2D eigenvalue weighted by molar-refractivity contribution is 0.174. The fourth-order valence-electron chi connectivity index (χ4n) is 1.58. The minimum absolute atomic E-state index is 0.0649. The molecule has 0 aliphatic carbocycles. The van der Waals surface area contributed by atoms with Gasteiger partial charge in [-0.1, -0.05) is 5.16 Å². The molecule has 1 aliphatic heterocycles. The Labute approximate surface area is 89.5 Å². The van der Waals surface area contributed by atoms with E-state index in [2.05, 4.69) is 5.16 Å². The Morgan fingerprint density at radius 1 is 1.31 bits per heavy atom. The van der Waals surface area contributed by atoms with E-state index in [0.717, 1.165) is 0 Å². The fourth-order valence-corrected chi connectivity index (χ4v) is 1.58. The summed E-state index contributed by atoms with van der Waals surface area (Å²) < 4.78 is 28.9. The number of nitrogen functional groups attached to an aromatic ring is 1. The average Bonchev–Trinajstić information content (AvgIpc) is 2.86. The van der Waals surface area contributed by atoms with Gasteiger partial charge in [0.2, 0.25) is 6.79 Å². The molecule has 1 aliphatic rings. The van der Waals surface area contributed by atoms with Crippen molar-refractivity contribution in [2.45, 2.75) is 0 Å².